The smallest absolute Gasteiger partial charge is 0.149 e. The van der Waals surface area contributed by atoms with E-state index >= 15 is 0 Å². The Morgan fingerprint density at radius 2 is 1.70 bits per heavy atom. The summed E-state index contributed by atoms with van der Waals surface area (Å²) in [6.07, 6.45) is 1.78. The Kier molecular flexibility index (Phi) is 4.63. The number of hydrogen-bond donors (Lipinski definition) is 1. The average Bonchev–Trinajstić information content (AvgIpc) is 2.31. The third-order valence-electron chi connectivity index (χ3n) is 2.87. The molecule has 0 aliphatic carbocycles. The molecule has 0 bridgehead atoms. The molecule has 0 aliphatic rings. The minimum atomic E-state index is 0.331. The fourth-order valence-electron chi connectivity index (χ4n) is 2.08. The van der Waals surface area contributed by atoms with Crippen LogP contribution in [0.25, 0.3) is 0 Å². The van der Waals surface area contributed by atoms with Gasteiger partial charge in [0.2, 0.25) is 0 Å². The van der Waals surface area contributed by atoms with Crippen molar-refractivity contribution in [3.8, 4) is 0 Å². The molecule has 0 aliphatic heterocycles. The van der Waals surface area contributed by atoms with Crippen molar-refractivity contribution in [1.82, 2.24) is 4.98 Å². The van der Waals surface area contributed by atoms with E-state index in [1.807, 2.05) is 0 Å². The van der Waals surface area contributed by atoms with E-state index in [1.54, 1.807) is 18.3 Å². The predicted molar refractivity (Wildman–Crippen MR) is 86.1 cm³/mol. The van der Waals surface area contributed by atoms with Crippen LogP contribution in [0.3, 0.4) is 0 Å². The standard InChI is InChI=1S/C15H15Cl2N3/c1-9-4-10(2)13(11(3)5-9)8-18-20-15-7-12(16)6-14(17)19-15/h4-8H,1-3H3,(H,19,20)/b18-8-. The Bertz CT molecular complexity index is 623. The lowest BCUT2D eigenvalue weighted by Crippen LogP contribution is -1.97. The Balaban J connectivity index is 2.18. The molecule has 0 fully saturated rings. The highest BCUT2D eigenvalue weighted by molar-refractivity contribution is 6.34. The van der Waals surface area contributed by atoms with E-state index in [1.165, 1.54) is 16.7 Å². The van der Waals surface area contributed by atoms with Crippen molar-refractivity contribution in [2.24, 2.45) is 5.10 Å². The molecule has 5 heteroatoms. The van der Waals surface area contributed by atoms with Gasteiger partial charge in [-0.2, -0.15) is 5.10 Å². The van der Waals surface area contributed by atoms with Crippen molar-refractivity contribution in [2.45, 2.75) is 20.8 Å². The summed E-state index contributed by atoms with van der Waals surface area (Å²) in [4.78, 5) is 4.08. The molecule has 0 radical (unpaired) electrons. The fraction of sp³-hybridized carbons (Fsp3) is 0.200. The molecular weight excluding hydrogens is 293 g/mol. The number of nitrogens with zero attached hydrogens (tertiary/aromatic N) is 2. The van der Waals surface area contributed by atoms with Crippen LogP contribution in [0.1, 0.15) is 22.3 Å². The molecule has 2 rings (SSSR count). The molecule has 0 saturated heterocycles. The summed E-state index contributed by atoms with van der Waals surface area (Å²) in [5.74, 6) is 0.515. The van der Waals surface area contributed by atoms with Crippen molar-refractivity contribution in [2.75, 3.05) is 5.43 Å². The third-order valence-corrected chi connectivity index (χ3v) is 3.28. The molecule has 0 atom stereocenters. The van der Waals surface area contributed by atoms with E-state index in [0.717, 1.165) is 5.56 Å². The van der Waals surface area contributed by atoms with E-state index < -0.39 is 0 Å². The van der Waals surface area contributed by atoms with Gasteiger partial charge in [0.25, 0.3) is 0 Å². The first-order valence-electron chi connectivity index (χ1n) is 6.16. The van der Waals surface area contributed by atoms with E-state index in [9.17, 15) is 0 Å². The number of pyridine rings is 1. The van der Waals surface area contributed by atoms with Gasteiger partial charge >= 0.3 is 0 Å². The second kappa shape index (κ2) is 6.25. The quantitative estimate of drug-likeness (QED) is 0.504. The highest BCUT2D eigenvalue weighted by Crippen LogP contribution is 2.19. The van der Waals surface area contributed by atoms with Gasteiger partial charge in [0.05, 0.1) is 6.21 Å². The lowest BCUT2D eigenvalue weighted by Gasteiger charge is -2.07. The number of rotatable bonds is 3. The van der Waals surface area contributed by atoms with E-state index in [0.29, 0.717) is 16.0 Å². The van der Waals surface area contributed by atoms with Crippen LogP contribution in [-0.2, 0) is 0 Å². The van der Waals surface area contributed by atoms with Gasteiger partial charge in [-0.05, 0) is 38.0 Å². The summed E-state index contributed by atoms with van der Waals surface area (Å²) in [7, 11) is 0. The van der Waals surface area contributed by atoms with Crippen molar-refractivity contribution >= 4 is 35.2 Å². The average molecular weight is 308 g/mol. The Hall–Kier alpha value is -1.58. The van der Waals surface area contributed by atoms with Crippen LogP contribution < -0.4 is 5.43 Å². The molecule has 1 N–H and O–H groups in total. The van der Waals surface area contributed by atoms with Crippen LogP contribution in [0.15, 0.2) is 29.4 Å². The van der Waals surface area contributed by atoms with E-state index in [4.69, 9.17) is 23.2 Å². The lowest BCUT2D eigenvalue weighted by molar-refractivity contribution is 1.22. The molecule has 0 amide bonds. The number of hydrazone groups is 1. The van der Waals surface area contributed by atoms with Crippen LogP contribution in [0, 0.1) is 20.8 Å². The number of halogens is 2. The van der Waals surface area contributed by atoms with Crippen LogP contribution >= 0.6 is 23.2 Å². The molecule has 0 saturated carbocycles. The maximum Gasteiger partial charge on any atom is 0.149 e. The molecule has 20 heavy (non-hydrogen) atoms. The lowest BCUT2D eigenvalue weighted by atomic mass is 10.0. The molecule has 2 aromatic rings. The number of anilines is 1. The van der Waals surface area contributed by atoms with Crippen LogP contribution in [-0.4, -0.2) is 11.2 Å². The van der Waals surface area contributed by atoms with Crippen molar-refractivity contribution in [3.05, 3.63) is 56.7 Å². The van der Waals surface area contributed by atoms with Gasteiger partial charge < -0.3 is 0 Å². The van der Waals surface area contributed by atoms with E-state index in [2.05, 4.69) is 48.4 Å². The first-order chi connectivity index (χ1) is 9.45. The van der Waals surface area contributed by atoms with Gasteiger partial charge in [-0.25, -0.2) is 4.98 Å². The van der Waals surface area contributed by atoms with Crippen LogP contribution in [0.2, 0.25) is 10.2 Å². The van der Waals surface area contributed by atoms with Gasteiger partial charge in [-0.3, -0.25) is 5.43 Å². The molecule has 1 heterocycles. The summed E-state index contributed by atoms with van der Waals surface area (Å²) in [5, 5.41) is 5.04. The summed E-state index contributed by atoms with van der Waals surface area (Å²) < 4.78 is 0. The summed E-state index contributed by atoms with van der Waals surface area (Å²) in [6.45, 7) is 6.21. The third kappa shape index (κ3) is 3.71. The van der Waals surface area contributed by atoms with Crippen molar-refractivity contribution < 1.29 is 0 Å². The topological polar surface area (TPSA) is 37.3 Å². The zero-order valence-corrected chi connectivity index (χ0v) is 13.0. The van der Waals surface area contributed by atoms with Crippen molar-refractivity contribution in [1.29, 1.82) is 0 Å². The van der Waals surface area contributed by atoms with Gasteiger partial charge in [0.1, 0.15) is 11.0 Å². The molecular formula is C15H15Cl2N3. The minimum absolute atomic E-state index is 0.331. The number of aromatic nitrogens is 1. The first-order valence-corrected chi connectivity index (χ1v) is 6.91. The van der Waals surface area contributed by atoms with Gasteiger partial charge in [0, 0.05) is 16.7 Å². The second-order valence-electron chi connectivity index (χ2n) is 4.68. The molecule has 3 nitrogen and oxygen atoms in total. The zero-order valence-electron chi connectivity index (χ0n) is 11.5. The molecule has 1 aromatic carbocycles. The summed E-state index contributed by atoms with van der Waals surface area (Å²) in [6, 6.07) is 7.50. The SMILES string of the molecule is Cc1cc(C)c(/C=N\Nc2cc(Cl)cc(Cl)n2)c(C)c1. The number of nitrogens with one attached hydrogen (secondary N) is 1. The predicted octanol–water partition coefficient (Wildman–Crippen LogP) is 4.76. The fourth-order valence-corrected chi connectivity index (χ4v) is 2.55. The summed E-state index contributed by atoms with van der Waals surface area (Å²) in [5.41, 5.74) is 7.54. The van der Waals surface area contributed by atoms with Gasteiger partial charge in [-0.15, -0.1) is 0 Å². The Labute approximate surface area is 128 Å². The van der Waals surface area contributed by atoms with E-state index in [-0.39, 0.29) is 0 Å². The van der Waals surface area contributed by atoms with Crippen LogP contribution in [0.5, 0.6) is 0 Å². The molecule has 104 valence electrons. The molecule has 1 aromatic heterocycles. The first kappa shape index (κ1) is 14.8. The van der Waals surface area contributed by atoms with Gasteiger partial charge in [-0.1, -0.05) is 40.9 Å². The maximum absolute atomic E-state index is 5.90. The highest BCUT2D eigenvalue weighted by atomic mass is 35.5. The van der Waals surface area contributed by atoms with Gasteiger partial charge in [0.15, 0.2) is 0 Å². The monoisotopic (exact) mass is 307 g/mol. The number of hydrogen-bond acceptors (Lipinski definition) is 3. The summed E-state index contributed by atoms with van der Waals surface area (Å²) >= 11 is 11.7. The zero-order chi connectivity index (χ0) is 14.7. The highest BCUT2D eigenvalue weighted by Gasteiger charge is 2.01. The van der Waals surface area contributed by atoms with Crippen molar-refractivity contribution in [3.63, 3.8) is 0 Å². The molecule has 0 unspecified atom stereocenters. The maximum atomic E-state index is 5.90. The Morgan fingerprint density at radius 3 is 2.30 bits per heavy atom. The second-order valence-corrected chi connectivity index (χ2v) is 5.50. The normalized spacial score (nSPS) is 11.1. The minimum Gasteiger partial charge on any atom is -0.261 e. The largest absolute Gasteiger partial charge is 0.261 e. The number of benzene rings is 1. The van der Waals surface area contributed by atoms with Crippen LogP contribution in [0.4, 0.5) is 5.82 Å². The Morgan fingerprint density at radius 1 is 1.05 bits per heavy atom. The number of aryl methyl sites for hydroxylation is 3. The molecule has 0 spiro atoms.